The Labute approximate surface area is 169 Å². The lowest BCUT2D eigenvalue weighted by molar-refractivity contribution is -0.868. The summed E-state index contributed by atoms with van der Waals surface area (Å²) in [6, 6.07) is 1.14. The Morgan fingerprint density at radius 2 is 0.885 bits per heavy atom. The molecule has 0 rings (SSSR count). The van der Waals surface area contributed by atoms with Crippen molar-refractivity contribution >= 4 is 42.3 Å². The maximum Gasteiger partial charge on any atom is 0.314 e. The minimum Gasteiger partial charge on any atom is -0.437 e. The van der Waals surface area contributed by atoms with Gasteiger partial charge in [0.2, 0.25) is 0 Å². The molecule has 0 spiro atoms. The van der Waals surface area contributed by atoms with Crippen LogP contribution in [0.5, 0.6) is 0 Å². The Bertz CT molecular complexity index is 457. The van der Waals surface area contributed by atoms with E-state index in [1.165, 1.54) is 0 Å². The molecule has 0 amide bonds. The third kappa shape index (κ3) is 14.0. The molecule has 26 heavy (non-hydrogen) atoms. The van der Waals surface area contributed by atoms with Crippen molar-refractivity contribution < 1.29 is 20.9 Å². The molecule has 0 aliphatic rings. The third-order valence-electron chi connectivity index (χ3n) is 3.44. The van der Waals surface area contributed by atoms with Crippen molar-refractivity contribution in [2.45, 2.75) is 78.1 Å². The fourth-order valence-electron chi connectivity index (χ4n) is 3.30. The van der Waals surface area contributed by atoms with E-state index in [4.69, 9.17) is 16.5 Å². The lowest BCUT2D eigenvalue weighted by Crippen LogP contribution is -2.58. The highest BCUT2D eigenvalue weighted by molar-refractivity contribution is 6.90. The van der Waals surface area contributed by atoms with Gasteiger partial charge in [-0.2, -0.15) is 0 Å². The highest BCUT2D eigenvalue weighted by atomic mass is 28.5. The van der Waals surface area contributed by atoms with Crippen molar-refractivity contribution in [3.05, 3.63) is 0 Å². The molecule has 0 unspecified atom stereocenters. The van der Waals surface area contributed by atoms with E-state index in [2.05, 4.69) is 93.2 Å². The molecule has 0 bridgehead atoms. The van der Waals surface area contributed by atoms with Crippen LogP contribution in [-0.2, 0) is 16.5 Å². The Hall–Kier alpha value is 0.884. The topological polar surface area (TPSA) is 36.9 Å². The van der Waals surface area contributed by atoms with Gasteiger partial charge in [0.1, 0.15) is 0 Å². The van der Waals surface area contributed by atoms with Crippen molar-refractivity contribution in [3.8, 4) is 0 Å². The number of rotatable bonds is 11. The van der Waals surface area contributed by atoms with Gasteiger partial charge in [0.25, 0.3) is 0 Å². The molecule has 0 aromatic rings. The molecule has 0 aromatic carbocycles. The molecule has 5 nitrogen and oxygen atoms in total. The number of nitrogens with zero attached hydrogens (tertiary/aromatic N) is 1. The highest BCUT2D eigenvalue weighted by Crippen LogP contribution is 2.27. The molecule has 0 aliphatic heterocycles. The quantitative estimate of drug-likeness (QED) is 0.327. The van der Waals surface area contributed by atoms with Crippen molar-refractivity contribution in [2.24, 2.45) is 0 Å². The van der Waals surface area contributed by atoms with Gasteiger partial charge in [-0.05, 0) is 72.0 Å². The summed E-state index contributed by atoms with van der Waals surface area (Å²) in [6.45, 7) is 25.3. The SMILES string of the molecule is C[N+](C)(C)CC[Si](C)(C)O[Si](C)(C)O[Si](C)(C)O[Si](C)(C)O[Si](C)(C)C. The lowest BCUT2D eigenvalue weighted by atomic mass is 10.6. The molecular formula is C16H46NO4Si5+. The minimum atomic E-state index is -2.32. The van der Waals surface area contributed by atoms with Crippen LogP contribution in [-0.4, -0.2) is 74.5 Å². The van der Waals surface area contributed by atoms with Crippen LogP contribution in [0.15, 0.2) is 0 Å². The zero-order valence-corrected chi connectivity index (χ0v) is 25.0. The van der Waals surface area contributed by atoms with Crippen molar-refractivity contribution in [2.75, 3.05) is 27.7 Å². The third-order valence-corrected chi connectivity index (χ3v) is 21.3. The molecule has 0 aromatic heterocycles. The molecule has 0 atom stereocenters. The van der Waals surface area contributed by atoms with E-state index in [9.17, 15) is 0 Å². The van der Waals surface area contributed by atoms with Gasteiger partial charge < -0.3 is 20.9 Å². The zero-order valence-electron chi connectivity index (χ0n) is 20.0. The molecule has 0 radical (unpaired) electrons. The van der Waals surface area contributed by atoms with Crippen LogP contribution in [0.3, 0.4) is 0 Å². The van der Waals surface area contributed by atoms with E-state index in [1.807, 2.05) is 0 Å². The van der Waals surface area contributed by atoms with Crippen LogP contribution in [0.4, 0.5) is 0 Å². The minimum absolute atomic E-state index is 0.972. The maximum atomic E-state index is 6.66. The Morgan fingerprint density at radius 1 is 0.538 bits per heavy atom. The Balaban J connectivity index is 4.94. The summed E-state index contributed by atoms with van der Waals surface area (Å²) in [7, 11) is -3.47. The molecule has 0 saturated carbocycles. The van der Waals surface area contributed by atoms with Crippen LogP contribution in [0.25, 0.3) is 0 Å². The molecule has 158 valence electrons. The fourth-order valence-corrected chi connectivity index (χ4v) is 27.2. The van der Waals surface area contributed by atoms with Crippen LogP contribution < -0.4 is 0 Å². The normalized spacial score (nSPS) is 15.5. The monoisotopic (exact) mass is 456 g/mol. The van der Waals surface area contributed by atoms with E-state index in [1.54, 1.807) is 0 Å². The summed E-state index contributed by atoms with van der Waals surface area (Å²) in [5.74, 6) is 0. The van der Waals surface area contributed by atoms with Crippen LogP contribution in [0, 0.1) is 0 Å². The number of hydrogen-bond donors (Lipinski definition) is 0. The largest absolute Gasteiger partial charge is 0.437 e. The first-order chi connectivity index (χ1) is 11.0. The van der Waals surface area contributed by atoms with Gasteiger partial charge in [-0.15, -0.1) is 0 Å². The first-order valence-electron chi connectivity index (χ1n) is 9.64. The van der Waals surface area contributed by atoms with Crippen molar-refractivity contribution in [1.82, 2.24) is 0 Å². The van der Waals surface area contributed by atoms with E-state index < -0.39 is 42.3 Å². The van der Waals surface area contributed by atoms with E-state index >= 15 is 0 Å². The summed E-state index contributed by atoms with van der Waals surface area (Å²) >= 11 is 0. The van der Waals surface area contributed by atoms with Crippen molar-refractivity contribution in [3.63, 3.8) is 0 Å². The Kier molecular flexibility index (Phi) is 9.01. The van der Waals surface area contributed by atoms with Crippen molar-refractivity contribution in [1.29, 1.82) is 0 Å². The first-order valence-corrected chi connectivity index (χ1v) is 24.6. The summed E-state index contributed by atoms with van der Waals surface area (Å²) in [5.41, 5.74) is 0. The predicted molar refractivity (Wildman–Crippen MR) is 125 cm³/mol. The average Bonchev–Trinajstić information content (AvgIpc) is 2.15. The second-order valence-electron chi connectivity index (χ2n) is 11.2. The summed E-state index contributed by atoms with van der Waals surface area (Å²) in [4.78, 5) is 0. The van der Waals surface area contributed by atoms with Gasteiger partial charge in [-0.1, -0.05) is 0 Å². The van der Waals surface area contributed by atoms with Gasteiger partial charge in [0.15, 0.2) is 16.6 Å². The molecule has 0 N–H and O–H groups in total. The van der Waals surface area contributed by atoms with Gasteiger partial charge in [-0.25, -0.2) is 0 Å². The Morgan fingerprint density at radius 3 is 1.23 bits per heavy atom. The van der Waals surface area contributed by atoms with Crippen LogP contribution in [0.1, 0.15) is 0 Å². The lowest BCUT2D eigenvalue weighted by Gasteiger charge is -2.42. The van der Waals surface area contributed by atoms with Gasteiger partial charge in [0, 0.05) is 6.04 Å². The molecule has 10 heteroatoms. The molecule has 0 heterocycles. The summed E-state index contributed by atoms with van der Waals surface area (Å²) < 4.78 is 27.0. The molecule has 0 aliphatic carbocycles. The standard InChI is InChI=1S/C16H46NO4Si5/c1-17(2,3)15-16-23(7,8)19-25(11,12)21-26(13,14)20-24(9,10)18-22(4,5)6/h15-16H2,1-14H3/q+1. The van der Waals surface area contributed by atoms with Gasteiger partial charge >= 0.3 is 25.7 Å². The second-order valence-corrected chi connectivity index (χ2v) is 31.2. The van der Waals surface area contributed by atoms with Gasteiger partial charge in [0.05, 0.1) is 27.7 Å². The maximum absolute atomic E-state index is 6.66. The smallest absolute Gasteiger partial charge is 0.314 e. The molecular weight excluding hydrogens is 411 g/mol. The van der Waals surface area contributed by atoms with E-state index in [0.29, 0.717) is 0 Å². The summed E-state index contributed by atoms with van der Waals surface area (Å²) in [5, 5.41) is 0. The molecule has 0 saturated heterocycles. The average molecular weight is 457 g/mol. The van der Waals surface area contributed by atoms with E-state index in [0.717, 1.165) is 17.1 Å². The second kappa shape index (κ2) is 8.72. The number of quaternary nitrogens is 1. The highest BCUT2D eigenvalue weighted by Gasteiger charge is 2.45. The first kappa shape index (κ1) is 26.9. The number of hydrogen-bond acceptors (Lipinski definition) is 4. The van der Waals surface area contributed by atoms with E-state index in [-0.39, 0.29) is 0 Å². The zero-order chi connectivity index (χ0) is 21.2. The predicted octanol–water partition coefficient (Wildman–Crippen LogP) is 4.90. The van der Waals surface area contributed by atoms with Crippen LogP contribution in [0.2, 0.25) is 78.1 Å². The van der Waals surface area contributed by atoms with Gasteiger partial charge in [-0.3, -0.25) is 0 Å². The molecule has 0 fully saturated rings. The fraction of sp³-hybridized carbons (Fsp3) is 1.00. The summed E-state index contributed by atoms with van der Waals surface area (Å²) in [6.07, 6.45) is 0. The van der Waals surface area contributed by atoms with Crippen LogP contribution >= 0.6 is 0 Å².